The molecule has 1 aliphatic rings. The summed E-state index contributed by atoms with van der Waals surface area (Å²) in [6, 6.07) is 16.0. The van der Waals surface area contributed by atoms with Gasteiger partial charge in [0.1, 0.15) is 11.6 Å². The minimum absolute atomic E-state index is 0.281. The zero-order valence-electron chi connectivity index (χ0n) is 14.7. The summed E-state index contributed by atoms with van der Waals surface area (Å²) in [5.74, 6) is 0.836. The van der Waals surface area contributed by atoms with Crippen molar-refractivity contribution < 1.29 is 9.13 Å². The molecule has 0 unspecified atom stereocenters. The number of hydrogen-bond acceptors (Lipinski definition) is 6. The van der Waals surface area contributed by atoms with E-state index in [4.69, 9.17) is 4.74 Å². The second-order valence-corrected chi connectivity index (χ2v) is 6.14. The van der Waals surface area contributed by atoms with E-state index < -0.39 is 0 Å². The van der Waals surface area contributed by atoms with Gasteiger partial charge in [-0.2, -0.15) is 4.98 Å². The molecule has 2 heterocycles. The molecule has 3 aromatic rings. The summed E-state index contributed by atoms with van der Waals surface area (Å²) in [6.07, 6.45) is 1.68. The highest BCUT2D eigenvalue weighted by Crippen LogP contribution is 2.29. The molecule has 0 amide bonds. The summed E-state index contributed by atoms with van der Waals surface area (Å²) in [5, 5.41) is 6.45. The van der Waals surface area contributed by atoms with E-state index in [1.54, 1.807) is 18.3 Å². The molecule has 0 saturated carbocycles. The molecule has 0 bridgehead atoms. The molecule has 0 radical (unpaired) electrons. The summed E-state index contributed by atoms with van der Waals surface area (Å²) in [6.45, 7) is 3.18. The smallest absolute Gasteiger partial charge is 0.229 e. The third kappa shape index (κ3) is 4.32. The van der Waals surface area contributed by atoms with Crippen LogP contribution in [0.15, 0.2) is 60.8 Å². The van der Waals surface area contributed by atoms with Crippen LogP contribution < -0.4 is 15.5 Å². The van der Waals surface area contributed by atoms with Gasteiger partial charge in [-0.25, -0.2) is 9.37 Å². The van der Waals surface area contributed by atoms with Crippen LogP contribution in [0.5, 0.6) is 0 Å². The lowest BCUT2D eigenvalue weighted by atomic mass is 10.2. The molecule has 1 fully saturated rings. The summed E-state index contributed by atoms with van der Waals surface area (Å²) in [5.41, 5.74) is 2.82. The normalized spacial score (nSPS) is 14.0. The van der Waals surface area contributed by atoms with Gasteiger partial charge >= 0.3 is 0 Å². The Morgan fingerprint density at radius 1 is 0.926 bits per heavy atom. The van der Waals surface area contributed by atoms with Crippen molar-refractivity contribution in [2.75, 3.05) is 41.8 Å². The second kappa shape index (κ2) is 8.01. The molecule has 138 valence electrons. The van der Waals surface area contributed by atoms with Crippen molar-refractivity contribution in [3.8, 4) is 0 Å². The Bertz CT molecular complexity index is 897. The minimum atomic E-state index is -0.281. The van der Waals surface area contributed by atoms with Crippen molar-refractivity contribution in [3.05, 3.63) is 66.6 Å². The Hall–Kier alpha value is -3.19. The minimum Gasteiger partial charge on any atom is -0.378 e. The number of nitrogens with one attached hydrogen (secondary N) is 2. The van der Waals surface area contributed by atoms with Gasteiger partial charge < -0.3 is 20.3 Å². The van der Waals surface area contributed by atoms with Gasteiger partial charge in [0.25, 0.3) is 0 Å². The number of benzene rings is 2. The van der Waals surface area contributed by atoms with Crippen LogP contribution >= 0.6 is 0 Å². The van der Waals surface area contributed by atoms with E-state index in [2.05, 4.69) is 31.6 Å². The van der Waals surface area contributed by atoms with E-state index in [1.165, 1.54) is 12.1 Å². The quantitative estimate of drug-likeness (QED) is 0.714. The SMILES string of the molecule is Fc1ccc(Nc2nccc(Nc3ccccc3N3CCOCC3)n2)cc1. The Morgan fingerprint density at radius 3 is 2.52 bits per heavy atom. The number of anilines is 5. The second-order valence-electron chi connectivity index (χ2n) is 6.14. The highest BCUT2D eigenvalue weighted by atomic mass is 19.1. The molecule has 0 aliphatic carbocycles. The number of hydrogen-bond donors (Lipinski definition) is 2. The predicted molar refractivity (Wildman–Crippen MR) is 104 cm³/mol. The van der Waals surface area contributed by atoms with Gasteiger partial charge in [-0.15, -0.1) is 0 Å². The summed E-state index contributed by atoms with van der Waals surface area (Å²) < 4.78 is 18.5. The number of nitrogens with zero attached hydrogens (tertiary/aromatic N) is 3. The van der Waals surface area contributed by atoms with Crippen LogP contribution in [0.4, 0.5) is 33.2 Å². The number of rotatable bonds is 5. The number of ether oxygens (including phenoxy) is 1. The van der Waals surface area contributed by atoms with Crippen LogP contribution in [-0.4, -0.2) is 36.3 Å². The van der Waals surface area contributed by atoms with E-state index in [0.717, 1.165) is 43.4 Å². The van der Waals surface area contributed by atoms with Crippen LogP contribution in [0, 0.1) is 5.82 Å². The third-order valence-electron chi connectivity index (χ3n) is 4.27. The van der Waals surface area contributed by atoms with E-state index in [9.17, 15) is 4.39 Å². The summed E-state index contributed by atoms with van der Waals surface area (Å²) >= 11 is 0. The van der Waals surface area contributed by atoms with Crippen LogP contribution in [0.25, 0.3) is 0 Å². The lowest BCUT2D eigenvalue weighted by Crippen LogP contribution is -2.36. The standard InChI is InChI=1S/C20H20FN5O/c21-15-5-7-16(8-6-15)23-20-22-10-9-19(25-20)24-17-3-1-2-4-18(17)26-11-13-27-14-12-26/h1-10H,11-14H2,(H2,22,23,24,25). The topological polar surface area (TPSA) is 62.3 Å². The Morgan fingerprint density at radius 2 is 1.70 bits per heavy atom. The van der Waals surface area contributed by atoms with Crippen molar-refractivity contribution >= 4 is 28.8 Å². The molecule has 0 spiro atoms. The van der Waals surface area contributed by atoms with Crippen molar-refractivity contribution in [1.29, 1.82) is 0 Å². The van der Waals surface area contributed by atoms with E-state index in [-0.39, 0.29) is 5.82 Å². The maximum atomic E-state index is 13.0. The molecule has 6 nitrogen and oxygen atoms in total. The van der Waals surface area contributed by atoms with Gasteiger partial charge in [-0.1, -0.05) is 12.1 Å². The molecule has 1 saturated heterocycles. The molecule has 1 aromatic heterocycles. The lowest BCUT2D eigenvalue weighted by molar-refractivity contribution is 0.123. The van der Waals surface area contributed by atoms with E-state index >= 15 is 0 Å². The van der Waals surface area contributed by atoms with Crippen molar-refractivity contribution in [3.63, 3.8) is 0 Å². The molecule has 27 heavy (non-hydrogen) atoms. The average molecular weight is 365 g/mol. The number of halogens is 1. The molecular weight excluding hydrogens is 345 g/mol. The Labute approximate surface area is 157 Å². The first-order valence-electron chi connectivity index (χ1n) is 8.82. The molecule has 2 N–H and O–H groups in total. The van der Waals surface area contributed by atoms with E-state index in [1.807, 2.05) is 24.3 Å². The molecule has 7 heteroatoms. The monoisotopic (exact) mass is 365 g/mol. The number of aromatic nitrogens is 2. The van der Waals surface area contributed by atoms with Gasteiger partial charge in [-0.3, -0.25) is 0 Å². The number of para-hydroxylation sites is 2. The van der Waals surface area contributed by atoms with Crippen molar-refractivity contribution in [2.24, 2.45) is 0 Å². The van der Waals surface area contributed by atoms with Crippen molar-refractivity contribution in [1.82, 2.24) is 9.97 Å². The molecule has 1 aliphatic heterocycles. The van der Waals surface area contributed by atoms with Crippen LogP contribution in [0.3, 0.4) is 0 Å². The van der Waals surface area contributed by atoms with E-state index in [0.29, 0.717) is 11.8 Å². The average Bonchev–Trinajstić information content (AvgIpc) is 2.71. The highest BCUT2D eigenvalue weighted by molar-refractivity contribution is 5.74. The first kappa shape index (κ1) is 17.2. The maximum absolute atomic E-state index is 13.0. The Kier molecular flexibility index (Phi) is 5.11. The summed E-state index contributed by atoms with van der Waals surface area (Å²) in [7, 11) is 0. The first-order chi connectivity index (χ1) is 13.3. The zero-order chi connectivity index (χ0) is 18.5. The zero-order valence-corrected chi connectivity index (χ0v) is 14.7. The highest BCUT2D eigenvalue weighted by Gasteiger charge is 2.14. The van der Waals surface area contributed by atoms with Crippen LogP contribution in [0.2, 0.25) is 0 Å². The molecule has 4 rings (SSSR count). The first-order valence-corrected chi connectivity index (χ1v) is 8.82. The van der Waals surface area contributed by atoms with Gasteiger partial charge in [0, 0.05) is 25.0 Å². The van der Waals surface area contributed by atoms with Crippen LogP contribution in [0.1, 0.15) is 0 Å². The third-order valence-corrected chi connectivity index (χ3v) is 4.27. The molecular formula is C20H20FN5O. The number of morpholine rings is 1. The largest absolute Gasteiger partial charge is 0.378 e. The fraction of sp³-hybridized carbons (Fsp3) is 0.200. The van der Waals surface area contributed by atoms with Crippen LogP contribution in [-0.2, 0) is 4.74 Å². The van der Waals surface area contributed by atoms with Gasteiger partial charge in [0.05, 0.1) is 24.6 Å². The maximum Gasteiger partial charge on any atom is 0.229 e. The van der Waals surface area contributed by atoms with Gasteiger partial charge in [-0.05, 0) is 42.5 Å². The summed E-state index contributed by atoms with van der Waals surface area (Å²) in [4.78, 5) is 11.0. The van der Waals surface area contributed by atoms with Gasteiger partial charge in [0.15, 0.2) is 0 Å². The predicted octanol–water partition coefficient (Wildman–Crippen LogP) is 3.94. The molecule has 0 atom stereocenters. The molecule has 2 aromatic carbocycles. The van der Waals surface area contributed by atoms with Crippen molar-refractivity contribution in [2.45, 2.75) is 0 Å². The van der Waals surface area contributed by atoms with Gasteiger partial charge in [0.2, 0.25) is 5.95 Å². The fourth-order valence-corrected chi connectivity index (χ4v) is 2.95. The fourth-order valence-electron chi connectivity index (χ4n) is 2.95. The Balaban J connectivity index is 1.52. The lowest BCUT2D eigenvalue weighted by Gasteiger charge is -2.30.